The Balaban J connectivity index is 1.46. The summed E-state index contributed by atoms with van der Waals surface area (Å²) in [6.45, 7) is 3.10. The molecular weight excluding hydrogens is 408 g/mol. The van der Waals surface area contributed by atoms with Crippen molar-refractivity contribution in [2.24, 2.45) is 0 Å². The number of nitrogens with zero attached hydrogens (tertiary/aromatic N) is 2. The van der Waals surface area contributed by atoms with Crippen LogP contribution in [0.5, 0.6) is 11.5 Å². The number of nitrogens with one attached hydrogen (secondary N) is 2. The van der Waals surface area contributed by atoms with Crippen LogP contribution in [0.3, 0.4) is 0 Å². The zero-order chi connectivity index (χ0) is 21.6. The van der Waals surface area contributed by atoms with Crippen molar-refractivity contribution < 1.29 is 9.47 Å². The summed E-state index contributed by atoms with van der Waals surface area (Å²) in [5.41, 5.74) is 7.67. The second kappa shape index (κ2) is 9.49. The normalized spacial score (nSPS) is 10.6. The Kier molecular flexibility index (Phi) is 6.33. The molecule has 0 unspecified atom stereocenters. The maximum Gasteiger partial charge on any atom is 0.214 e. The fourth-order valence-electron chi connectivity index (χ4n) is 3.18. The summed E-state index contributed by atoms with van der Waals surface area (Å²) in [4.78, 5) is 0. The van der Waals surface area contributed by atoms with Crippen molar-refractivity contribution in [2.45, 2.75) is 20.1 Å². The zero-order valence-corrected chi connectivity index (χ0v) is 18.3. The van der Waals surface area contributed by atoms with E-state index >= 15 is 0 Å². The number of hydrogen-bond acceptors (Lipinski definition) is 5. The fraction of sp³-hybridized carbons (Fsp3) is 0.167. The summed E-state index contributed by atoms with van der Waals surface area (Å²) in [5, 5.41) is 7.19. The van der Waals surface area contributed by atoms with Crippen LogP contribution in [0.25, 0.3) is 11.4 Å². The number of ether oxygens (including phenoxy) is 2. The van der Waals surface area contributed by atoms with Gasteiger partial charge in [0.25, 0.3) is 0 Å². The van der Waals surface area contributed by atoms with Crippen molar-refractivity contribution in [3.63, 3.8) is 0 Å². The van der Waals surface area contributed by atoms with Crippen LogP contribution in [0.2, 0.25) is 0 Å². The third-order valence-corrected chi connectivity index (χ3v) is 5.16. The molecule has 158 valence electrons. The number of hydrogen-bond donors (Lipinski definition) is 2. The van der Waals surface area contributed by atoms with Crippen LogP contribution in [0.4, 0.5) is 0 Å². The van der Waals surface area contributed by atoms with Gasteiger partial charge in [-0.2, -0.15) is 5.10 Å². The Morgan fingerprint density at radius 2 is 1.71 bits per heavy atom. The van der Waals surface area contributed by atoms with Crippen molar-refractivity contribution in [1.29, 1.82) is 0 Å². The highest BCUT2D eigenvalue weighted by Crippen LogP contribution is 2.29. The minimum absolute atomic E-state index is 0.485. The van der Waals surface area contributed by atoms with Gasteiger partial charge in [0, 0.05) is 5.56 Å². The van der Waals surface area contributed by atoms with E-state index in [1.807, 2.05) is 48.5 Å². The first kappa shape index (κ1) is 20.7. The van der Waals surface area contributed by atoms with Gasteiger partial charge in [-0.3, -0.25) is 0 Å². The van der Waals surface area contributed by atoms with Gasteiger partial charge >= 0.3 is 0 Å². The lowest BCUT2D eigenvalue weighted by Gasteiger charge is -2.14. The first-order valence-corrected chi connectivity index (χ1v) is 10.4. The molecule has 0 aliphatic carbocycles. The zero-order valence-electron chi connectivity index (χ0n) is 17.5. The Morgan fingerprint density at radius 3 is 2.45 bits per heavy atom. The van der Waals surface area contributed by atoms with E-state index in [0.29, 0.717) is 29.4 Å². The smallest absolute Gasteiger partial charge is 0.214 e. The lowest BCUT2D eigenvalue weighted by molar-refractivity contribution is 0.284. The molecular formula is C24H24N4O2S. The van der Waals surface area contributed by atoms with E-state index in [4.69, 9.17) is 21.7 Å². The SMILES string of the molecule is COc1cc(CNn2c(-c3ccccc3)n[nH]c2=S)ccc1OCc1ccc(C)cc1. The Hall–Kier alpha value is -3.58. The van der Waals surface area contributed by atoms with E-state index in [9.17, 15) is 0 Å². The number of aromatic nitrogens is 3. The number of benzene rings is 3. The van der Waals surface area contributed by atoms with E-state index in [-0.39, 0.29) is 0 Å². The Morgan fingerprint density at radius 1 is 0.968 bits per heavy atom. The average Bonchev–Trinajstić information content (AvgIpc) is 3.18. The molecule has 3 aromatic carbocycles. The molecule has 4 rings (SSSR count). The maximum atomic E-state index is 5.97. The van der Waals surface area contributed by atoms with Crippen LogP contribution in [-0.2, 0) is 13.2 Å². The number of aryl methyl sites for hydroxylation is 1. The topological polar surface area (TPSA) is 64.1 Å². The van der Waals surface area contributed by atoms with E-state index < -0.39 is 0 Å². The predicted octanol–water partition coefficient (Wildman–Crippen LogP) is 5.25. The van der Waals surface area contributed by atoms with Gasteiger partial charge in [0.05, 0.1) is 13.7 Å². The van der Waals surface area contributed by atoms with Crippen LogP contribution < -0.4 is 14.9 Å². The van der Waals surface area contributed by atoms with Gasteiger partial charge in [-0.25, -0.2) is 9.77 Å². The molecule has 1 aromatic heterocycles. The summed E-state index contributed by atoms with van der Waals surface area (Å²) in [7, 11) is 1.64. The first-order valence-electron chi connectivity index (χ1n) is 9.96. The second-order valence-electron chi connectivity index (χ2n) is 7.15. The third-order valence-electron chi connectivity index (χ3n) is 4.89. The second-order valence-corrected chi connectivity index (χ2v) is 7.53. The summed E-state index contributed by atoms with van der Waals surface area (Å²) >= 11 is 5.38. The molecule has 0 aliphatic rings. The van der Waals surface area contributed by atoms with Crippen LogP contribution in [0.15, 0.2) is 72.8 Å². The van der Waals surface area contributed by atoms with Crippen molar-refractivity contribution in [1.82, 2.24) is 14.9 Å². The molecule has 0 saturated carbocycles. The lowest BCUT2D eigenvalue weighted by Crippen LogP contribution is -2.16. The molecule has 6 nitrogen and oxygen atoms in total. The van der Waals surface area contributed by atoms with E-state index in [2.05, 4.69) is 46.8 Å². The quantitative estimate of drug-likeness (QED) is 0.373. The van der Waals surface area contributed by atoms with Crippen molar-refractivity contribution in [2.75, 3.05) is 12.5 Å². The lowest BCUT2D eigenvalue weighted by atomic mass is 10.1. The van der Waals surface area contributed by atoms with Crippen LogP contribution in [-0.4, -0.2) is 22.0 Å². The fourth-order valence-corrected chi connectivity index (χ4v) is 3.38. The molecule has 0 aliphatic heterocycles. The minimum atomic E-state index is 0.485. The molecule has 0 fully saturated rings. The van der Waals surface area contributed by atoms with Gasteiger partial charge in [0.1, 0.15) is 6.61 Å². The largest absolute Gasteiger partial charge is 0.493 e. The van der Waals surface area contributed by atoms with Gasteiger partial charge in [-0.05, 0) is 42.4 Å². The molecule has 31 heavy (non-hydrogen) atoms. The number of methoxy groups -OCH3 is 1. The van der Waals surface area contributed by atoms with E-state index in [1.54, 1.807) is 11.8 Å². The third kappa shape index (κ3) is 4.95. The highest BCUT2D eigenvalue weighted by atomic mass is 32.1. The molecule has 0 saturated heterocycles. The van der Waals surface area contributed by atoms with Gasteiger partial charge in [0.15, 0.2) is 17.3 Å². The number of aromatic amines is 1. The van der Waals surface area contributed by atoms with E-state index in [1.165, 1.54) is 5.56 Å². The van der Waals surface area contributed by atoms with Gasteiger partial charge in [0.2, 0.25) is 4.77 Å². The Bertz CT molecular complexity index is 1200. The summed E-state index contributed by atoms with van der Waals surface area (Å²) in [6.07, 6.45) is 0. The van der Waals surface area contributed by atoms with Gasteiger partial charge in [-0.1, -0.05) is 66.2 Å². The van der Waals surface area contributed by atoms with Crippen LogP contribution >= 0.6 is 12.2 Å². The summed E-state index contributed by atoms with van der Waals surface area (Å²) < 4.78 is 13.8. The van der Waals surface area contributed by atoms with Gasteiger partial charge in [-0.15, -0.1) is 0 Å². The van der Waals surface area contributed by atoms with Gasteiger partial charge < -0.3 is 14.9 Å². The van der Waals surface area contributed by atoms with Crippen LogP contribution in [0, 0.1) is 11.7 Å². The molecule has 0 bridgehead atoms. The molecule has 1 heterocycles. The van der Waals surface area contributed by atoms with E-state index in [0.717, 1.165) is 22.5 Å². The molecule has 0 amide bonds. The molecule has 2 N–H and O–H groups in total. The van der Waals surface area contributed by atoms with Crippen LogP contribution in [0.1, 0.15) is 16.7 Å². The standard InChI is InChI=1S/C24H24N4O2S/c1-17-8-10-18(11-9-17)16-30-21-13-12-19(14-22(21)29-2)15-25-28-23(26-27-24(28)31)20-6-4-3-5-7-20/h3-14,25H,15-16H2,1-2H3,(H,27,31). The monoisotopic (exact) mass is 432 g/mol. The summed E-state index contributed by atoms with van der Waals surface area (Å²) in [5.74, 6) is 2.12. The first-order chi connectivity index (χ1) is 15.1. The van der Waals surface area contributed by atoms with Crippen molar-refractivity contribution >= 4 is 12.2 Å². The highest BCUT2D eigenvalue weighted by molar-refractivity contribution is 7.71. The molecule has 4 aromatic rings. The molecule has 0 spiro atoms. The van der Waals surface area contributed by atoms with Crippen molar-refractivity contribution in [3.05, 3.63) is 94.3 Å². The minimum Gasteiger partial charge on any atom is -0.493 e. The molecule has 0 atom stereocenters. The predicted molar refractivity (Wildman–Crippen MR) is 124 cm³/mol. The molecule has 7 heteroatoms. The maximum absolute atomic E-state index is 5.97. The number of H-pyrrole nitrogens is 1. The average molecular weight is 433 g/mol. The number of rotatable bonds is 8. The molecule has 0 radical (unpaired) electrons. The highest BCUT2D eigenvalue weighted by Gasteiger charge is 2.10. The Labute approximate surface area is 186 Å². The van der Waals surface area contributed by atoms with Crippen molar-refractivity contribution in [3.8, 4) is 22.9 Å². The summed E-state index contributed by atoms with van der Waals surface area (Å²) in [6, 6.07) is 24.1.